The van der Waals surface area contributed by atoms with Gasteiger partial charge >= 0.3 is 0 Å². The molecular weight excluding hydrogens is 230 g/mol. The second-order valence-corrected chi connectivity index (χ2v) is 5.65. The average Bonchev–Trinajstić information content (AvgIpc) is 2.18. The molecule has 0 aliphatic carbocycles. The van der Waals surface area contributed by atoms with Crippen molar-refractivity contribution in [2.24, 2.45) is 5.41 Å². The maximum Gasteiger partial charge on any atom is 0.159 e. The first-order chi connectivity index (χ1) is 7.30. The Balaban J connectivity index is 2.58. The Labute approximate surface area is 101 Å². The molecule has 1 rings (SSSR count). The summed E-state index contributed by atoms with van der Waals surface area (Å²) in [6, 6.07) is 4.00. The molecule has 0 radical (unpaired) electrons. The van der Waals surface area contributed by atoms with Crippen LogP contribution in [0.15, 0.2) is 18.2 Å². The van der Waals surface area contributed by atoms with E-state index in [0.717, 1.165) is 18.1 Å². The summed E-state index contributed by atoms with van der Waals surface area (Å²) >= 11 is 6.21. The first-order valence-corrected chi connectivity index (χ1v) is 5.82. The predicted octanol–water partition coefficient (Wildman–Crippen LogP) is 4.55. The lowest BCUT2D eigenvalue weighted by atomic mass is 9.88. The van der Waals surface area contributed by atoms with Gasteiger partial charge in [0.2, 0.25) is 0 Å². The van der Waals surface area contributed by atoms with Crippen LogP contribution in [0, 0.1) is 17.0 Å². The van der Waals surface area contributed by atoms with Gasteiger partial charge in [0.25, 0.3) is 0 Å². The molecule has 16 heavy (non-hydrogen) atoms. The third-order valence-corrected chi connectivity index (χ3v) is 3.48. The van der Waals surface area contributed by atoms with Gasteiger partial charge in [0.1, 0.15) is 0 Å². The van der Waals surface area contributed by atoms with Crippen LogP contribution in [0.5, 0.6) is 0 Å². The van der Waals surface area contributed by atoms with Crippen LogP contribution in [0.1, 0.15) is 32.8 Å². The zero-order valence-electron chi connectivity index (χ0n) is 9.86. The van der Waals surface area contributed by atoms with Crippen LogP contribution >= 0.6 is 11.6 Å². The van der Waals surface area contributed by atoms with Gasteiger partial charge in [-0.2, -0.15) is 0 Å². The normalized spacial score (nSPS) is 13.9. The summed E-state index contributed by atoms with van der Waals surface area (Å²) < 4.78 is 25.6. The van der Waals surface area contributed by atoms with Gasteiger partial charge in [-0.1, -0.05) is 26.8 Å². The number of aryl methyl sites for hydroxylation is 1. The Morgan fingerprint density at radius 2 is 1.81 bits per heavy atom. The van der Waals surface area contributed by atoms with E-state index >= 15 is 0 Å². The molecule has 0 saturated carbocycles. The Kier molecular flexibility index (Phi) is 4.31. The average molecular weight is 247 g/mol. The molecule has 90 valence electrons. The van der Waals surface area contributed by atoms with Gasteiger partial charge in [-0.25, -0.2) is 8.78 Å². The molecule has 1 unspecified atom stereocenters. The molecule has 1 aromatic rings. The summed E-state index contributed by atoms with van der Waals surface area (Å²) in [5.41, 5.74) is 0.814. The van der Waals surface area contributed by atoms with E-state index in [-0.39, 0.29) is 10.8 Å². The summed E-state index contributed by atoms with van der Waals surface area (Å²) in [5.74, 6) is -1.60. The van der Waals surface area contributed by atoms with E-state index in [9.17, 15) is 8.78 Å². The van der Waals surface area contributed by atoms with Crippen LogP contribution in [0.2, 0.25) is 0 Å². The van der Waals surface area contributed by atoms with Crippen LogP contribution in [0.25, 0.3) is 0 Å². The maximum absolute atomic E-state index is 12.9. The minimum absolute atomic E-state index is 0.0279. The van der Waals surface area contributed by atoms with E-state index in [0.29, 0.717) is 6.42 Å². The van der Waals surface area contributed by atoms with Crippen molar-refractivity contribution in [3.05, 3.63) is 35.4 Å². The number of rotatable bonds is 3. The van der Waals surface area contributed by atoms with Gasteiger partial charge in [0, 0.05) is 5.38 Å². The molecule has 1 aromatic carbocycles. The predicted molar refractivity (Wildman–Crippen MR) is 63.8 cm³/mol. The largest absolute Gasteiger partial charge is 0.204 e. The third kappa shape index (κ3) is 3.75. The third-order valence-electron chi connectivity index (χ3n) is 2.61. The Morgan fingerprint density at radius 3 is 2.31 bits per heavy atom. The lowest BCUT2D eigenvalue weighted by Gasteiger charge is -2.25. The van der Waals surface area contributed by atoms with Gasteiger partial charge in [0.15, 0.2) is 11.6 Å². The van der Waals surface area contributed by atoms with Crippen molar-refractivity contribution in [2.45, 2.75) is 39.0 Å². The summed E-state index contributed by atoms with van der Waals surface area (Å²) in [7, 11) is 0. The summed E-state index contributed by atoms with van der Waals surface area (Å²) in [4.78, 5) is 0. The van der Waals surface area contributed by atoms with Crippen LogP contribution in [0.4, 0.5) is 8.78 Å². The topological polar surface area (TPSA) is 0 Å². The number of benzene rings is 1. The van der Waals surface area contributed by atoms with Crippen molar-refractivity contribution in [2.75, 3.05) is 0 Å². The molecule has 1 atom stereocenters. The molecule has 0 bridgehead atoms. The number of hydrogen-bond acceptors (Lipinski definition) is 0. The van der Waals surface area contributed by atoms with E-state index in [1.165, 1.54) is 6.07 Å². The van der Waals surface area contributed by atoms with Crippen molar-refractivity contribution in [3.8, 4) is 0 Å². The summed E-state index contributed by atoms with van der Waals surface area (Å²) in [5, 5.41) is 0.0283. The van der Waals surface area contributed by atoms with Crippen LogP contribution in [0.3, 0.4) is 0 Å². The zero-order valence-corrected chi connectivity index (χ0v) is 10.6. The van der Waals surface area contributed by atoms with Crippen molar-refractivity contribution in [1.29, 1.82) is 0 Å². The van der Waals surface area contributed by atoms with Gasteiger partial charge < -0.3 is 0 Å². The molecule has 0 heterocycles. The van der Waals surface area contributed by atoms with Gasteiger partial charge in [-0.15, -0.1) is 11.6 Å². The van der Waals surface area contributed by atoms with Crippen molar-refractivity contribution >= 4 is 11.6 Å². The van der Waals surface area contributed by atoms with Crippen LogP contribution in [-0.2, 0) is 6.42 Å². The monoisotopic (exact) mass is 246 g/mol. The van der Waals surface area contributed by atoms with E-state index in [4.69, 9.17) is 11.6 Å². The molecule has 0 amide bonds. The molecule has 0 spiro atoms. The highest BCUT2D eigenvalue weighted by Crippen LogP contribution is 2.28. The molecule has 0 N–H and O–H groups in total. The van der Waals surface area contributed by atoms with Crippen molar-refractivity contribution < 1.29 is 8.78 Å². The van der Waals surface area contributed by atoms with Gasteiger partial charge in [0.05, 0.1) is 0 Å². The van der Waals surface area contributed by atoms with E-state index in [1.54, 1.807) is 6.07 Å². The fraction of sp³-hybridized carbons (Fsp3) is 0.538. The molecule has 0 aliphatic rings. The lowest BCUT2D eigenvalue weighted by molar-refractivity contribution is 0.374. The number of hydrogen-bond donors (Lipinski definition) is 0. The maximum atomic E-state index is 12.9. The molecule has 0 aliphatic heterocycles. The van der Waals surface area contributed by atoms with E-state index in [1.807, 2.05) is 0 Å². The molecule has 3 heteroatoms. The minimum Gasteiger partial charge on any atom is -0.204 e. The second-order valence-electron chi connectivity index (χ2n) is 5.12. The fourth-order valence-corrected chi connectivity index (χ4v) is 1.53. The molecule has 0 aromatic heterocycles. The standard InChI is InChI=1S/C13H17ClF2/c1-13(2,3)12(14)7-5-9-4-6-10(15)11(16)8-9/h4,6,8,12H,5,7H2,1-3H3. The molecular formula is C13H17ClF2. The Morgan fingerprint density at radius 1 is 1.19 bits per heavy atom. The number of alkyl halides is 1. The van der Waals surface area contributed by atoms with E-state index < -0.39 is 11.6 Å². The van der Waals surface area contributed by atoms with Gasteiger partial charge in [-0.3, -0.25) is 0 Å². The first kappa shape index (κ1) is 13.4. The highest BCUT2D eigenvalue weighted by molar-refractivity contribution is 6.21. The summed E-state index contributed by atoms with van der Waals surface area (Å²) in [6.07, 6.45) is 1.43. The molecule has 0 nitrogen and oxygen atoms in total. The van der Waals surface area contributed by atoms with Gasteiger partial charge in [-0.05, 0) is 36.0 Å². The van der Waals surface area contributed by atoms with E-state index in [2.05, 4.69) is 20.8 Å². The minimum atomic E-state index is -0.804. The van der Waals surface area contributed by atoms with Crippen LogP contribution < -0.4 is 0 Å². The quantitative estimate of drug-likeness (QED) is 0.687. The fourth-order valence-electron chi connectivity index (χ4n) is 1.42. The van der Waals surface area contributed by atoms with Crippen molar-refractivity contribution in [1.82, 2.24) is 0 Å². The highest BCUT2D eigenvalue weighted by Gasteiger charge is 2.21. The second kappa shape index (κ2) is 5.13. The zero-order chi connectivity index (χ0) is 12.3. The number of halogens is 3. The summed E-state index contributed by atoms with van der Waals surface area (Å²) in [6.45, 7) is 6.20. The SMILES string of the molecule is CC(C)(C)C(Cl)CCc1ccc(F)c(F)c1. The van der Waals surface area contributed by atoms with Crippen LogP contribution in [-0.4, -0.2) is 5.38 Å². The highest BCUT2D eigenvalue weighted by atomic mass is 35.5. The Bertz CT molecular complexity index is 355. The van der Waals surface area contributed by atoms with Crippen molar-refractivity contribution in [3.63, 3.8) is 0 Å². The smallest absolute Gasteiger partial charge is 0.159 e. The lowest BCUT2D eigenvalue weighted by Crippen LogP contribution is -2.21. The molecule has 0 saturated heterocycles. The molecule has 0 fully saturated rings. The Hall–Kier alpha value is -0.630. The first-order valence-electron chi connectivity index (χ1n) is 5.38.